The molecular formula is C18H22Cl2N4OS. The number of fused-ring (bicyclic) bond motifs is 1. The minimum Gasteiger partial charge on any atom is -0.350 e. The van der Waals surface area contributed by atoms with Crippen molar-refractivity contribution >= 4 is 51.5 Å². The molecule has 5 nitrogen and oxygen atoms in total. The van der Waals surface area contributed by atoms with Crippen LogP contribution in [0.5, 0.6) is 0 Å². The number of carbonyl (C=O) groups excluding carboxylic acids is 1. The molecule has 0 unspecified atom stereocenters. The Hall–Kier alpha value is -1.60. The van der Waals surface area contributed by atoms with Crippen molar-refractivity contribution in [2.45, 2.75) is 20.4 Å². The number of aryl methyl sites for hydroxylation is 1. The van der Waals surface area contributed by atoms with Crippen LogP contribution in [0.4, 0.5) is 0 Å². The van der Waals surface area contributed by atoms with Crippen molar-refractivity contribution in [2.24, 2.45) is 0 Å². The summed E-state index contributed by atoms with van der Waals surface area (Å²) < 4.78 is 1.92. The topological polar surface area (TPSA) is 58.9 Å². The minimum absolute atomic E-state index is 0. The number of nitrogens with one attached hydrogen (secondary N) is 2. The first-order valence-electron chi connectivity index (χ1n) is 8.29. The predicted molar refractivity (Wildman–Crippen MR) is 111 cm³/mol. The molecule has 0 saturated carbocycles. The molecule has 0 spiro atoms. The van der Waals surface area contributed by atoms with Gasteiger partial charge in [0.1, 0.15) is 4.83 Å². The van der Waals surface area contributed by atoms with E-state index in [9.17, 15) is 4.79 Å². The zero-order valence-corrected chi connectivity index (χ0v) is 17.1. The van der Waals surface area contributed by atoms with Crippen LogP contribution in [0, 0.1) is 6.92 Å². The number of nitrogens with zero attached hydrogens (tertiary/aromatic N) is 2. The number of benzene rings is 1. The van der Waals surface area contributed by atoms with Crippen LogP contribution in [0.1, 0.15) is 27.9 Å². The summed E-state index contributed by atoms with van der Waals surface area (Å²) in [5.74, 6) is -0.0391. The van der Waals surface area contributed by atoms with E-state index in [-0.39, 0.29) is 18.3 Å². The molecule has 8 heteroatoms. The second-order valence-corrected chi connectivity index (χ2v) is 7.21. The first-order chi connectivity index (χ1) is 12.1. The average molecular weight is 413 g/mol. The molecule has 0 saturated heterocycles. The van der Waals surface area contributed by atoms with E-state index in [2.05, 4.69) is 15.7 Å². The van der Waals surface area contributed by atoms with Gasteiger partial charge in [-0.25, -0.2) is 0 Å². The fourth-order valence-corrected chi connectivity index (χ4v) is 3.92. The van der Waals surface area contributed by atoms with Gasteiger partial charge in [0, 0.05) is 23.5 Å². The van der Waals surface area contributed by atoms with Crippen molar-refractivity contribution in [3.8, 4) is 0 Å². The van der Waals surface area contributed by atoms with E-state index in [1.807, 2.05) is 48.9 Å². The van der Waals surface area contributed by atoms with Crippen LogP contribution in [0.2, 0.25) is 5.02 Å². The van der Waals surface area contributed by atoms with Gasteiger partial charge in [-0.1, -0.05) is 36.7 Å². The molecule has 0 atom stereocenters. The van der Waals surface area contributed by atoms with Crippen LogP contribution in [0.15, 0.2) is 30.3 Å². The SMILES string of the molecule is CCNCCNC(=O)c1cc2c(C)nn(Cc3ccccc3Cl)c2s1.Cl. The van der Waals surface area contributed by atoms with Gasteiger partial charge in [0.2, 0.25) is 0 Å². The molecule has 1 aromatic carbocycles. The molecule has 3 rings (SSSR count). The van der Waals surface area contributed by atoms with Crippen molar-refractivity contribution in [1.29, 1.82) is 0 Å². The molecular weight excluding hydrogens is 391 g/mol. The van der Waals surface area contributed by atoms with Gasteiger partial charge in [-0.05, 0) is 31.2 Å². The molecule has 0 bridgehead atoms. The number of amides is 1. The van der Waals surface area contributed by atoms with Crippen LogP contribution < -0.4 is 10.6 Å². The summed E-state index contributed by atoms with van der Waals surface area (Å²) >= 11 is 7.73. The van der Waals surface area contributed by atoms with Gasteiger partial charge < -0.3 is 10.6 Å². The minimum atomic E-state index is -0.0391. The Morgan fingerprint density at radius 3 is 2.81 bits per heavy atom. The molecule has 2 aromatic heterocycles. The van der Waals surface area contributed by atoms with Crippen molar-refractivity contribution in [2.75, 3.05) is 19.6 Å². The number of aromatic nitrogens is 2. The van der Waals surface area contributed by atoms with Crippen LogP contribution in [0.25, 0.3) is 10.2 Å². The number of likely N-dealkylation sites (N-methyl/N-ethyl adjacent to an activating group) is 1. The summed E-state index contributed by atoms with van der Waals surface area (Å²) in [6.07, 6.45) is 0. The molecule has 2 N–H and O–H groups in total. The summed E-state index contributed by atoms with van der Waals surface area (Å²) in [5.41, 5.74) is 1.93. The summed E-state index contributed by atoms with van der Waals surface area (Å²) in [6.45, 7) is 6.88. The lowest BCUT2D eigenvalue weighted by atomic mass is 10.2. The number of rotatable bonds is 7. The summed E-state index contributed by atoms with van der Waals surface area (Å²) in [4.78, 5) is 14.0. The second-order valence-electron chi connectivity index (χ2n) is 5.77. The van der Waals surface area contributed by atoms with Gasteiger partial charge in [0.05, 0.1) is 17.1 Å². The van der Waals surface area contributed by atoms with Crippen molar-refractivity contribution in [3.63, 3.8) is 0 Å². The van der Waals surface area contributed by atoms with Crippen LogP contribution in [-0.2, 0) is 6.54 Å². The molecule has 2 heterocycles. The van der Waals surface area contributed by atoms with Gasteiger partial charge in [-0.2, -0.15) is 5.10 Å². The van der Waals surface area contributed by atoms with Crippen molar-refractivity contribution in [1.82, 2.24) is 20.4 Å². The maximum absolute atomic E-state index is 12.3. The number of hydrogen-bond acceptors (Lipinski definition) is 4. The third-order valence-electron chi connectivity index (χ3n) is 3.95. The molecule has 0 fully saturated rings. The lowest BCUT2D eigenvalue weighted by Gasteiger charge is -2.05. The molecule has 0 aliphatic heterocycles. The fourth-order valence-electron chi connectivity index (χ4n) is 2.65. The predicted octanol–water partition coefficient (Wildman–Crippen LogP) is 3.87. The first-order valence-corrected chi connectivity index (χ1v) is 9.49. The molecule has 3 aromatic rings. The second kappa shape index (κ2) is 9.37. The van der Waals surface area contributed by atoms with E-state index in [1.54, 1.807) is 0 Å². The molecule has 140 valence electrons. The lowest BCUT2D eigenvalue weighted by molar-refractivity contribution is 0.0958. The number of carbonyl (C=O) groups is 1. The Morgan fingerprint density at radius 1 is 1.31 bits per heavy atom. The van der Waals surface area contributed by atoms with Crippen LogP contribution in [-0.4, -0.2) is 35.3 Å². The largest absolute Gasteiger partial charge is 0.350 e. The highest BCUT2D eigenvalue weighted by molar-refractivity contribution is 7.20. The van der Waals surface area contributed by atoms with Crippen molar-refractivity contribution < 1.29 is 4.79 Å². The van der Waals surface area contributed by atoms with Gasteiger partial charge >= 0.3 is 0 Å². The Labute approximate surface area is 168 Å². The number of thiophene rings is 1. The maximum Gasteiger partial charge on any atom is 0.261 e. The molecule has 26 heavy (non-hydrogen) atoms. The van der Waals surface area contributed by atoms with Crippen LogP contribution in [0.3, 0.4) is 0 Å². The average Bonchev–Trinajstić information content (AvgIpc) is 3.15. The highest BCUT2D eigenvalue weighted by atomic mass is 35.5. The van der Waals surface area contributed by atoms with E-state index in [0.29, 0.717) is 18.0 Å². The van der Waals surface area contributed by atoms with E-state index in [0.717, 1.165) is 39.6 Å². The smallest absolute Gasteiger partial charge is 0.261 e. The highest BCUT2D eigenvalue weighted by Crippen LogP contribution is 2.29. The molecule has 0 aliphatic rings. The zero-order valence-electron chi connectivity index (χ0n) is 14.7. The fraction of sp³-hybridized carbons (Fsp3) is 0.333. The van der Waals surface area contributed by atoms with E-state index in [4.69, 9.17) is 11.6 Å². The third kappa shape index (κ3) is 4.57. The molecule has 0 radical (unpaired) electrons. The Kier molecular flexibility index (Phi) is 7.46. The van der Waals surface area contributed by atoms with E-state index < -0.39 is 0 Å². The third-order valence-corrected chi connectivity index (χ3v) is 5.46. The standard InChI is InChI=1S/C18H21ClN4OS.ClH/c1-3-20-8-9-21-17(24)16-10-14-12(2)22-23(18(14)25-16)11-13-6-4-5-7-15(13)19;/h4-7,10,20H,3,8-9,11H2,1-2H3,(H,21,24);1H. The summed E-state index contributed by atoms with van der Waals surface area (Å²) in [7, 11) is 0. The summed E-state index contributed by atoms with van der Waals surface area (Å²) in [6, 6.07) is 9.67. The van der Waals surface area contributed by atoms with Gasteiger partial charge in [-0.3, -0.25) is 9.48 Å². The monoisotopic (exact) mass is 412 g/mol. The Balaban J connectivity index is 0.00000243. The normalized spacial score (nSPS) is 10.7. The van der Waals surface area contributed by atoms with Gasteiger partial charge in [-0.15, -0.1) is 23.7 Å². The highest BCUT2D eigenvalue weighted by Gasteiger charge is 2.16. The molecule has 0 aliphatic carbocycles. The quantitative estimate of drug-likeness (QED) is 0.579. The lowest BCUT2D eigenvalue weighted by Crippen LogP contribution is -2.31. The van der Waals surface area contributed by atoms with Gasteiger partial charge in [0.25, 0.3) is 5.91 Å². The zero-order chi connectivity index (χ0) is 17.8. The van der Waals surface area contributed by atoms with Gasteiger partial charge in [0.15, 0.2) is 0 Å². The number of hydrogen-bond donors (Lipinski definition) is 2. The number of halogens is 2. The Bertz CT molecular complexity index is 891. The molecule has 1 amide bonds. The maximum atomic E-state index is 12.3. The van der Waals surface area contributed by atoms with Crippen molar-refractivity contribution in [3.05, 3.63) is 51.5 Å². The van der Waals surface area contributed by atoms with E-state index >= 15 is 0 Å². The Morgan fingerprint density at radius 2 is 2.08 bits per heavy atom. The first kappa shape index (κ1) is 20.7. The van der Waals surface area contributed by atoms with Crippen LogP contribution >= 0.6 is 35.3 Å². The summed E-state index contributed by atoms with van der Waals surface area (Å²) in [5, 5.41) is 12.5. The van der Waals surface area contributed by atoms with E-state index in [1.165, 1.54) is 11.3 Å².